The Bertz CT molecular complexity index is 1010. The van der Waals surface area contributed by atoms with Crippen LogP contribution in [0.1, 0.15) is 31.1 Å². The number of urea groups is 1. The number of nitrogens with one attached hydrogen (secondary N) is 2. The largest absolute Gasteiger partial charge is 0.452 e. The van der Waals surface area contributed by atoms with Gasteiger partial charge in [-0.25, -0.2) is 14.5 Å². The van der Waals surface area contributed by atoms with Crippen molar-refractivity contribution in [2.24, 2.45) is 0 Å². The number of imide groups is 2. The molecule has 0 aromatic heterocycles. The van der Waals surface area contributed by atoms with Gasteiger partial charge < -0.3 is 10.1 Å². The van der Waals surface area contributed by atoms with Gasteiger partial charge in [0.05, 0.1) is 22.4 Å². The molecular weight excluding hydrogens is 390 g/mol. The minimum absolute atomic E-state index is 0.110. The lowest BCUT2D eigenvalue weighted by Gasteiger charge is -2.14. The zero-order valence-electron chi connectivity index (χ0n) is 15.7. The molecule has 9 nitrogen and oxygen atoms in total. The fourth-order valence-electron chi connectivity index (χ4n) is 2.76. The molecule has 0 radical (unpaired) electrons. The Morgan fingerprint density at radius 1 is 0.967 bits per heavy atom. The SMILES string of the molecule is C=CCNC(=O)NC(=O)COC(=O)c1ccc(N2C(=O)c3ccccc3C2=O)cc1. The van der Waals surface area contributed by atoms with Gasteiger partial charge in [-0.05, 0) is 36.4 Å². The molecule has 152 valence electrons. The molecule has 0 aliphatic carbocycles. The lowest BCUT2D eigenvalue weighted by atomic mass is 10.1. The second kappa shape index (κ2) is 8.82. The number of ether oxygens (including phenoxy) is 1. The third kappa shape index (κ3) is 4.25. The molecule has 0 saturated heterocycles. The quantitative estimate of drug-likeness (QED) is 0.427. The van der Waals surface area contributed by atoms with E-state index in [1.165, 1.54) is 30.3 Å². The minimum Gasteiger partial charge on any atom is -0.452 e. The maximum atomic E-state index is 12.5. The molecule has 0 unspecified atom stereocenters. The third-order valence-corrected chi connectivity index (χ3v) is 4.15. The summed E-state index contributed by atoms with van der Waals surface area (Å²) in [4.78, 5) is 61.0. The lowest BCUT2D eigenvalue weighted by Crippen LogP contribution is -2.41. The van der Waals surface area contributed by atoms with Crippen LogP contribution >= 0.6 is 0 Å². The van der Waals surface area contributed by atoms with Crippen LogP contribution in [0.15, 0.2) is 61.2 Å². The van der Waals surface area contributed by atoms with E-state index in [1.807, 2.05) is 5.32 Å². The van der Waals surface area contributed by atoms with Crippen LogP contribution in [-0.4, -0.2) is 42.9 Å². The van der Waals surface area contributed by atoms with Gasteiger partial charge in [0.25, 0.3) is 17.7 Å². The van der Waals surface area contributed by atoms with Gasteiger partial charge in [-0.15, -0.1) is 6.58 Å². The second-order valence-electron chi connectivity index (χ2n) is 6.16. The molecule has 0 atom stereocenters. The fraction of sp³-hybridized carbons (Fsp3) is 0.0952. The molecule has 0 bridgehead atoms. The first-order valence-electron chi connectivity index (χ1n) is 8.86. The summed E-state index contributed by atoms with van der Waals surface area (Å²) in [5.74, 6) is -2.49. The summed E-state index contributed by atoms with van der Waals surface area (Å²) < 4.78 is 4.85. The highest BCUT2D eigenvalue weighted by atomic mass is 16.5. The summed E-state index contributed by atoms with van der Waals surface area (Å²) in [5, 5.41) is 4.33. The van der Waals surface area contributed by atoms with Gasteiger partial charge in [0.15, 0.2) is 6.61 Å². The molecule has 9 heteroatoms. The first-order valence-corrected chi connectivity index (χ1v) is 8.86. The molecule has 2 aromatic carbocycles. The average molecular weight is 407 g/mol. The molecule has 0 fully saturated rings. The van der Waals surface area contributed by atoms with Crippen LogP contribution in [0.4, 0.5) is 10.5 Å². The maximum Gasteiger partial charge on any atom is 0.338 e. The number of rotatable bonds is 6. The van der Waals surface area contributed by atoms with Gasteiger partial charge in [-0.1, -0.05) is 18.2 Å². The van der Waals surface area contributed by atoms with E-state index >= 15 is 0 Å². The molecule has 5 amide bonds. The number of hydrogen-bond acceptors (Lipinski definition) is 6. The van der Waals surface area contributed by atoms with Crippen LogP contribution in [-0.2, 0) is 9.53 Å². The normalized spacial score (nSPS) is 12.2. The molecular formula is C21H17N3O6. The van der Waals surface area contributed by atoms with Gasteiger partial charge >= 0.3 is 12.0 Å². The Morgan fingerprint density at radius 2 is 1.57 bits per heavy atom. The van der Waals surface area contributed by atoms with E-state index in [0.717, 1.165) is 4.90 Å². The van der Waals surface area contributed by atoms with E-state index in [-0.39, 0.29) is 12.1 Å². The van der Waals surface area contributed by atoms with Gasteiger partial charge in [-0.3, -0.25) is 19.7 Å². The van der Waals surface area contributed by atoms with E-state index in [0.29, 0.717) is 16.8 Å². The number of benzene rings is 2. The Balaban J connectivity index is 1.60. The zero-order valence-corrected chi connectivity index (χ0v) is 15.7. The number of esters is 1. The number of hydrogen-bond donors (Lipinski definition) is 2. The summed E-state index contributed by atoms with van der Waals surface area (Å²) in [6, 6.07) is 11.4. The molecule has 0 spiro atoms. The maximum absolute atomic E-state index is 12.5. The van der Waals surface area contributed by atoms with E-state index in [1.54, 1.807) is 24.3 Å². The van der Waals surface area contributed by atoms with Crippen molar-refractivity contribution in [2.75, 3.05) is 18.1 Å². The van der Waals surface area contributed by atoms with Gasteiger partial charge in [-0.2, -0.15) is 0 Å². The fourth-order valence-corrected chi connectivity index (χ4v) is 2.76. The standard InChI is InChI=1S/C21H17N3O6/c1-2-11-22-21(29)23-17(25)12-30-20(28)13-7-9-14(10-8-13)24-18(26)15-5-3-4-6-16(15)19(24)27/h2-10H,1,11-12H2,(H2,22,23,25,29). The molecule has 1 aliphatic rings. The smallest absolute Gasteiger partial charge is 0.338 e. The van der Waals surface area contributed by atoms with E-state index < -0.39 is 36.3 Å². The predicted molar refractivity (Wildman–Crippen MR) is 106 cm³/mol. The second-order valence-corrected chi connectivity index (χ2v) is 6.16. The van der Waals surface area contributed by atoms with Crippen molar-refractivity contribution in [3.05, 3.63) is 77.9 Å². The average Bonchev–Trinajstić information content (AvgIpc) is 3.01. The van der Waals surface area contributed by atoms with Gasteiger partial charge in [0, 0.05) is 6.54 Å². The number of carbonyl (C=O) groups is 5. The first-order chi connectivity index (χ1) is 14.4. The van der Waals surface area contributed by atoms with Crippen LogP contribution in [0, 0.1) is 0 Å². The minimum atomic E-state index is -0.800. The van der Waals surface area contributed by atoms with E-state index in [9.17, 15) is 24.0 Å². The van der Waals surface area contributed by atoms with Gasteiger partial charge in [0.1, 0.15) is 0 Å². The van der Waals surface area contributed by atoms with Crippen molar-refractivity contribution in [1.82, 2.24) is 10.6 Å². The number of anilines is 1. The van der Waals surface area contributed by atoms with Gasteiger partial charge in [0.2, 0.25) is 0 Å². The molecule has 1 heterocycles. The highest BCUT2D eigenvalue weighted by molar-refractivity contribution is 6.34. The summed E-state index contributed by atoms with van der Waals surface area (Å²) in [5.41, 5.74) is 1.04. The Morgan fingerprint density at radius 3 is 2.13 bits per heavy atom. The van der Waals surface area contributed by atoms with Crippen LogP contribution in [0.3, 0.4) is 0 Å². The highest BCUT2D eigenvalue weighted by Gasteiger charge is 2.36. The predicted octanol–water partition coefficient (Wildman–Crippen LogP) is 1.66. The highest BCUT2D eigenvalue weighted by Crippen LogP contribution is 2.28. The molecule has 2 aromatic rings. The molecule has 3 rings (SSSR count). The molecule has 0 saturated carbocycles. The number of amides is 5. The van der Waals surface area contributed by atoms with Crippen LogP contribution in [0.25, 0.3) is 0 Å². The van der Waals surface area contributed by atoms with Crippen molar-refractivity contribution in [1.29, 1.82) is 0 Å². The Kier molecular flexibility index (Phi) is 6.02. The Hall–Kier alpha value is -4.27. The lowest BCUT2D eigenvalue weighted by molar-refractivity contribution is -0.123. The number of fused-ring (bicyclic) bond motifs is 1. The summed E-state index contributed by atoms with van der Waals surface area (Å²) in [6.07, 6.45) is 1.44. The first kappa shape index (κ1) is 20.5. The van der Waals surface area contributed by atoms with Crippen LogP contribution in [0.2, 0.25) is 0 Å². The van der Waals surface area contributed by atoms with Crippen molar-refractivity contribution >= 4 is 35.4 Å². The topological polar surface area (TPSA) is 122 Å². The van der Waals surface area contributed by atoms with Crippen LogP contribution in [0.5, 0.6) is 0 Å². The van der Waals surface area contributed by atoms with Crippen molar-refractivity contribution < 1.29 is 28.7 Å². The van der Waals surface area contributed by atoms with Crippen LogP contribution < -0.4 is 15.5 Å². The van der Waals surface area contributed by atoms with E-state index in [4.69, 9.17) is 4.74 Å². The van der Waals surface area contributed by atoms with Crippen molar-refractivity contribution in [3.8, 4) is 0 Å². The molecule has 1 aliphatic heterocycles. The Labute approximate surface area is 171 Å². The summed E-state index contributed by atoms with van der Waals surface area (Å²) >= 11 is 0. The molecule has 2 N–H and O–H groups in total. The van der Waals surface area contributed by atoms with Crippen molar-refractivity contribution in [3.63, 3.8) is 0 Å². The zero-order chi connectivity index (χ0) is 21.7. The summed E-state index contributed by atoms with van der Waals surface area (Å²) in [7, 11) is 0. The van der Waals surface area contributed by atoms with E-state index in [2.05, 4.69) is 11.9 Å². The van der Waals surface area contributed by atoms with Crippen molar-refractivity contribution in [2.45, 2.75) is 0 Å². The third-order valence-electron chi connectivity index (χ3n) is 4.15. The number of nitrogens with zero attached hydrogens (tertiary/aromatic N) is 1. The number of carbonyl (C=O) groups excluding carboxylic acids is 5. The molecule has 30 heavy (non-hydrogen) atoms. The summed E-state index contributed by atoms with van der Waals surface area (Å²) in [6.45, 7) is 2.94. The monoisotopic (exact) mass is 407 g/mol.